The van der Waals surface area contributed by atoms with Crippen LogP contribution < -0.4 is 0 Å². The molecule has 1 unspecified atom stereocenters. The van der Waals surface area contributed by atoms with Crippen molar-refractivity contribution in [3.8, 4) is 0 Å². The molecular weight excluding hydrogens is 254 g/mol. The highest BCUT2D eigenvalue weighted by molar-refractivity contribution is 5.69. The zero-order valence-corrected chi connectivity index (χ0v) is 12.0. The zero-order valence-electron chi connectivity index (χ0n) is 12.0. The lowest BCUT2D eigenvalue weighted by molar-refractivity contribution is -0.141. The zero-order chi connectivity index (χ0) is 14.4. The van der Waals surface area contributed by atoms with Crippen molar-refractivity contribution in [1.82, 2.24) is 4.90 Å². The van der Waals surface area contributed by atoms with Crippen LogP contribution in [-0.4, -0.2) is 42.8 Å². The number of carbonyl (C=O) groups is 1. The summed E-state index contributed by atoms with van der Waals surface area (Å²) in [6, 6.07) is 8.79. The number of methoxy groups -OCH3 is 1. The van der Waals surface area contributed by atoms with Crippen molar-refractivity contribution in [2.24, 2.45) is 0 Å². The van der Waals surface area contributed by atoms with Gasteiger partial charge in [0.2, 0.25) is 0 Å². The fraction of sp³-hybridized carbons (Fsp3) is 0.562. The second kappa shape index (κ2) is 7.41. The van der Waals surface area contributed by atoms with Gasteiger partial charge in [-0.3, -0.25) is 9.69 Å². The van der Waals surface area contributed by atoms with E-state index in [1.165, 1.54) is 18.2 Å². The summed E-state index contributed by atoms with van der Waals surface area (Å²) in [6.45, 7) is 1.34. The molecule has 1 aliphatic rings. The van der Waals surface area contributed by atoms with Crippen LogP contribution in [0.15, 0.2) is 24.3 Å². The third kappa shape index (κ3) is 3.58. The number of benzene rings is 1. The largest absolute Gasteiger partial charge is 0.469 e. The number of aryl methyl sites for hydroxylation is 1. The molecule has 0 heterocycles. The number of ether oxygens (including phenoxy) is 1. The summed E-state index contributed by atoms with van der Waals surface area (Å²) < 4.78 is 4.71. The van der Waals surface area contributed by atoms with Gasteiger partial charge in [0, 0.05) is 19.1 Å². The van der Waals surface area contributed by atoms with Gasteiger partial charge in [0.05, 0.1) is 20.1 Å². The van der Waals surface area contributed by atoms with E-state index < -0.39 is 0 Å². The number of aliphatic hydroxyl groups is 1. The first-order chi connectivity index (χ1) is 9.76. The molecule has 1 aliphatic carbocycles. The van der Waals surface area contributed by atoms with Gasteiger partial charge in [0.25, 0.3) is 0 Å². The van der Waals surface area contributed by atoms with Crippen molar-refractivity contribution < 1.29 is 14.6 Å². The minimum atomic E-state index is -0.197. The van der Waals surface area contributed by atoms with Crippen molar-refractivity contribution >= 4 is 5.97 Å². The number of carbonyl (C=O) groups excluding carboxylic acids is 1. The standard InChI is InChI=1S/C16H23NO3/c1-20-16(19)9-10-17(11-12-18)15-8-4-6-13-5-2-3-7-14(13)15/h2-3,5,7,15,18H,4,6,8-12H2,1H3. The van der Waals surface area contributed by atoms with Gasteiger partial charge in [-0.2, -0.15) is 0 Å². The molecule has 1 aromatic rings. The fourth-order valence-corrected chi connectivity index (χ4v) is 3.00. The summed E-state index contributed by atoms with van der Waals surface area (Å²) in [4.78, 5) is 13.5. The molecule has 4 heteroatoms. The molecule has 0 aromatic heterocycles. The van der Waals surface area contributed by atoms with Crippen LogP contribution in [0.25, 0.3) is 0 Å². The van der Waals surface area contributed by atoms with E-state index >= 15 is 0 Å². The molecule has 1 N–H and O–H groups in total. The fourth-order valence-electron chi connectivity index (χ4n) is 3.00. The minimum absolute atomic E-state index is 0.111. The van der Waals surface area contributed by atoms with Crippen LogP contribution in [0.3, 0.4) is 0 Å². The quantitative estimate of drug-likeness (QED) is 0.807. The molecule has 110 valence electrons. The first kappa shape index (κ1) is 15.0. The summed E-state index contributed by atoms with van der Waals surface area (Å²) in [7, 11) is 1.41. The maximum absolute atomic E-state index is 11.3. The van der Waals surface area contributed by atoms with Gasteiger partial charge >= 0.3 is 5.97 Å². The lowest BCUT2D eigenvalue weighted by Gasteiger charge is -2.35. The van der Waals surface area contributed by atoms with Crippen LogP contribution in [0.2, 0.25) is 0 Å². The topological polar surface area (TPSA) is 49.8 Å². The molecule has 0 spiro atoms. The van der Waals surface area contributed by atoms with Crippen LogP contribution in [0, 0.1) is 0 Å². The molecule has 0 saturated carbocycles. The smallest absolute Gasteiger partial charge is 0.306 e. The Balaban J connectivity index is 2.11. The van der Waals surface area contributed by atoms with Gasteiger partial charge < -0.3 is 9.84 Å². The Kier molecular flexibility index (Phi) is 5.56. The van der Waals surface area contributed by atoms with Gasteiger partial charge in [0.1, 0.15) is 0 Å². The van der Waals surface area contributed by atoms with Crippen LogP contribution in [0.5, 0.6) is 0 Å². The van der Waals surface area contributed by atoms with Crippen LogP contribution >= 0.6 is 0 Å². The van der Waals surface area contributed by atoms with Crippen molar-refractivity contribution in [1.29, 1.82) is 0 Å². The lowest BCUT2D eigenvalue weighted by atomic mass is 9.86. The van der Waals surface area contributed by atoms with E-state index in [0.29, 0.717) is 25.6 Å². The molecule has 0 bridgehead atoms. The Morgan fingerprint density at radius 2 is 2.20 bits per heavy atom. The highest BCUT2D eigenvalue weighted by Crippen LogP contribution is 2.34. The maximum atomic E-state index is 11.3. The van der Waals surface area contributed by atoms with Crippen LogP contribution in [0.1, 0.15) is 36.4 Å². The van der Waals surface area contributed by atoms with Crippen LogP contribution in [0.4, 0.5) is 0 Å². The first-order valence-corrected chi connectivity index (χ1v) is 7.25. The highest BCUT2D eigenvalue weighted by atomic mass is 16.5. The van der Waals surface area contributed by atoms with Gasteiger partial charge in [-0.15, -0.1) is 0 Å². The number of esters is 1. The second-order valence-corrected chi connectivity index (χ2v) is 5.19. The number of hydrogen-bond acceptors (Lipinski definition) is 4. The number of nitrogens with zero attached hydrogens (tertiary/aromatic N) is 1. The third-order valence-electron chi connectivity index (χ3n) is 4.00. The van der Waals surface area contributed by atoms with Gasteiger partial charge in [-0.25, -0.2) is 0 Å². The Morgan fingerprint density at radius 1 is 1.40 bits per heavy atom. The molecule has 4 nitrogen and oxygen atoms in total. The van der Waals surface area contributed by atoms with E-state index in [-0.39, 0.29) is 12.6 Å². The van der Waals surface area contributed by atoms with E-state index in [2.05, 4.69) is 29.2 Å². The van der Waals surface area contributed by atoms with Gasteiger partial charge in [-0.05, 0) is 30.4 Å². The Bertz CT molecular complexity index is 447. The lowest BCUT2D eigenvalue weighted by Crippen LogP contribution is -2.35. The molecule has 0 saturated heterocycles. The van der Waals surface area contributed by atoms with Crippen molar-refractivity contribution in [3.63, 3.8) is 0 Å². The molecule has 0 radical (unpaired) electrons. The SMILES string of the molecule is COC(=O)CCN(CCO)C1CCCc2ccccc21. The van der Waals surface area contributed by atoms with Crippen molar-refractivity contribution in [2.45, 2.75) is 31.7 Å². The minimum Gasteiger partial charge on any atom is -0.469 e. The summed E-state index contributed by atoms with van der Waals surface area (Å²) in [5.74, 6) is -0.197. The molecule has 0 fully saturated rings. The first-order valence-electron chi connectivity index (χ1n) is 7.25. The van der Waals surface area contributed by atoms with E-state index in [0.717, 1.165) is 19.3 Å². The maximum Gasteiger partial charge on any atom is 0.306 e. The Morgan fingerprint density at radius 3 is 2.95 bits per heavy atom. The Labute approximate surface area is 120 Å². The summed E-state index contributed by atoms with van der Waals surface area (Å²) in [6.07, 6.45) is 3.73. The van der Waals surface area contributed by atoms with Crippen molar-refractivity contribution in [3.05, 3.63) is 35.4 Å². The highest BCUT2D eigenvalue weighted by Gasteiger charge is 2.25. The number of fused-ring (bicyclic) bond motifs is 1. The molecule has 1 atom stereocenters. The van der Waals surface area contributed by atoms with E-state index in [1.54, 1.807) is 0 Å². The predicted octanol–water partition coefficient (Wildman–Crippen LogP) is 1.92. The molecule has 1 aromatic carbocycles. The number of hydrogen-bond donors (Lipinski definition) is 1. The van der Waals surface area contributed by atoms with Crippen molar-refractivity contribution in [2.75, 3.05) is 26.8 Å². The van der Waals surface area contributed by atoms with Gasteiger partial charge in [-0.1, -0.05) is 24.3 Å². The van der Waals surface area contributed by atoms with E-state index in [9.17, 15) is 9.90 Å². The summed E-state index contributed by atoms with van der Waals surface area (Å²) >= 11 is 0. The van der Waals surface area contributed by atoms with E-state index in [4.69, 9.17) is 4.74 Å². The Hall–Kier alpha value is -1.39. The molecule has 0 aliphatic heterocycles. The number of aliphatic hydroxyl groups excluding tert-OH is 1. The van der Waals surface area contributed by atoms with Crippen LogP contribution in [-0.2, 0) is 16.0 Å². The molecule has 2 rings (SSSR count). The summed E-state index contributed by atoms with van der Waals surface area (Å²) in [5, 5.41) is 9.28. The monoisotopic (exact) mass is 277 g/mol. The summed E-state index contributed by atoms with van der Waals surface area (Å²) in [5.41, 5.74) is 2.74. The second-order valence-electron chi connectivity index (χ2n) is 5.19. The normalized spacial score (nSPS) is 17.9. The van der Waals surface area contributed by atoms with E-state index in [1.807, 2.05) is 0 Å². The predicted molar refractivity (Wildman–Crippen MR) is 77.4 cm³/mol. The molecule has 20 heavy (non-hydrogen) atoms. The molecule has 0 amide bonds. The average Bonchev–Trinajstić information content (AvgIpc) is 2.50. The molecular formula is C16H23NO3. The number of rotatable bonds is 6. The van der Waals surface area contributed by atoms with Gasteiger partial charge in [0.15, 0.2) is 0 Å². The average molecular weight is 277 g/mol. The third-order valence-corrected chi connectivity index (χ3v) is 4.00.